The standard InChI is InChI=1S/C32H28FN3O2S/c33-26-10-6-9-24(19-26)22-36-28-20-25(13-14-30(28)39-29-12-5-4-11-27(29)32(36)38)31(37)35-17-15-34(16-18-35)21-23-7-2-1-3-8-23/h1-14,19-20H,15-18,21-22H2. The first kappa shape index (κ1) is 25.3. The Morgan fingerprint density at radius 3 is 2.28 bits per heavy atom. The molecule has 7 heteroatoms. The third-order valence-electron chi connectivity index (χ3n) is 7.22. The summed E-state index contributed by atoms with van der Waals surface area (Å²) in [5.41, 5.74) is 3.76. The summed E-state index contributed by atoms with van der Waals surface area (Å²) in [5, 5.41) is 0. The second-order valence-electron chi connectivity index (χ2n) is 9.86. The Morgan fingerprint density at radius 1 is 0.744 bits per heavy atom. The molecule has 5 nitrogen and oxygen atoms in total. The Balaban J connectivity index is 1.26. The van der Waals surface area contributed by atoms with E-state index in [0.717, 1.165) is 29.4 Å². The molecule has 2 aliphatic rings. The Hall–Kier alpha value is -3.94. The van der Waals surface area contributed by atoms with Gasteiger partial charge in [-0.15, -0.1) is 0 Å². The van der Waals surface area contributed by atoms with E-state index in [2.05, 4.69) is 17.0 Å². The molecule has 196 valence electrons. The second kappa shape index (κ2) is 11.0. The number of piperazine rings is 1. The normalized spacial score (nSPS) is 15.5. The van der Waals surface area contributed by atoms with Crippen molar-refractivity contribution in [2.75, 3.05) is 31.1 Å². The number of nitrogens with zero attached hydrogens (tertiary/aromatic N) is 3. The number of anilines is 1. The van der Waals surface area contributed by atoms with Gasteiger partial charge in [0.05, 0.1) is 17.8 Å². The average Bonchev–Trinajstić information content (AvgIpc) is 3.07. The topological polar surface area (TPSA) is 43.9 Å². The molecule has 2 amide bonds. The van der Waals surface area contributed by atoms with Crippen molar-refractivity contribution in [3.63, 3.8) is 0 Å². The highest BCUT2D eigenvalue weighted by Crippen LogP contribution is 2.42. The van der Waals surface area contributed by atoms with Crippen LogP contribution in [0.2, 0.25) is 0 Å². The van der Waals surface area contributed by atoms with Gasteiger partial charge in [0.2, 0.25) is 0 Å². The number of hydrogen-bond donors (Lipinski definition) is 0. The van der Waals surface area contributed by atoms with Gasteiger partial charge < -0.3 is 9.80 Å². The highest BCUT2D eigenvalue weighted by atomic mass is 32.2. The SMILES string of the molecule is O=C(c1ccc2c(c1)N(Cc1cccc(F)c1)C(=O)c1ccccc1S2)N1CCN(Cc2ccccc2)CC1. The Bertz CT molecular complexity index is 1520. The van der Waals surface area contributed by atoms with Gasteiger partial charge in [0.25, 0.3) is 11.8 Å². The number of amides is 2. The fourth-order valence-electron chi connectivity index (χ4n) is 5.16. The average molecular weight is 538 g/mol. The minimum absolute atomic E-state index is 0.0397. The molecule has 0 aromatic heterocycles. The summed E-state index contributed by atoms with van der Waals surface area (Å²) >= 11 is 1.51. The Labute approximate surface area is 231 Å². The third kappa shape index (κ3) is 5.46. The molecule has 0 saturated carbocycles. The molecule has 2 heterocycles. The zero-order chi connectivity index (χ0) is 26.8. The molecule has 0 radical (unpaired) electrons. The monoisotopic (exact) mass is 537 g/mol. The summed E-state index contributed by atoms with van der Waals surface area (Å²) < 4.78 is 14.0. The molecule has 4 aromatic rings. The molecular weight excluding hydrogens is 509 g/mol. The van der Waals surface area contributed by atoms with Gasteiger partial charge in [-0.05, 0) is 53.6 Å². The molecule has 4 aromatic carbocycles. The zero-order valence-corrected chi connectivity index (χ0v) is 22.2. The number of rotatable bonds is 5. The van der Waals surface area contributed by atoms with Gasteiger partial charge in [-0.2, -0.15) is 0 Å². The number of fused-ring (bicyclic) bond motifs is 2. The number of hydrogen-bond acceptors (Lipinski definition) is 4. The summed E-state index contributed by atoms with van der Waals surface area (Å²) in [6.45, 7) is 3.98. The highest BCUT2D eigenvalue weighted by Gasteiger charge is 2.29. The number of benzene rings is 4. The lowest BCUT2D eigenvalue weighted by atomic mass is 10.1. The predicted octanol–water partition coefficient (Wildman–Crippen LogP) is 6.10. The highest BCUT2D eigenvalue weighted by molar-refractivity contribution is 7.99. The predicted molar refractivity (Wildman–Crippen MR) is 152 cm³/mol. The molecule has 0 atom stereocenters. The van der Waals surface area contributed by atoms with Crippen LogP contribution >= 0.6 is 11.8 Å². The summed E-state index contributed by atoms with van der Waals surface area (Å²) in [4.78, 5) is 35.0. The van der Waals surface area contributed by atoms with Crippen LogP contribution in [0.4, 0.5) is 10.1 Å². The molecule has 0 unspecified atom stereocenters. The summed E-state index contributed by atoms with van der Waals surface area (Å²) in [6.07, 6.45) is 0. The first-order valence-corrected chi connectivity index (χ1v) is 13.9. The smallest absolute Gasteiger partial charge is 0.259 e. The fourth-order valence-corrected chi connectivity index (χ4v) is 6.22. The van der Waals surface area contributed by atoms with E-state index in [9.17, 15) is 14.0 Å². The first-order chi connectivity index (χ1) is 19.0. The van der Waals surface area contributed by atoms with Crippen molar-refractivity contribution >= 4 is 29.3 Å². The van der Waals surface area contributed by atoms with Gasteiger partial charge in [0, 0.05) is 48.1 Å². The van der Waals surface area contributed by atoms with Crippen LogP contribution in [-0.2, 0) is 13.1 Å². The number of halogens is 1. The molecule has 0 aliphatic carbocycles. The van der Waals surface area contributed by atoms with E-state index in [4.69, 9.17) is 0 Å². The lowest BCUT2D eigenvalue weighted by molar-refractivity contribution is 0.0628. The zero-order valence-electron chi connectivity index (χ0n) is 21.4. The largest absolute Gasteiger partial charge is 0.336 e. The van der Waals surface area contributed by atoms with Crippen molar-refractivity contribution in [2.45, 2.75) is 22.9 Å². The van der Waals surface area contributed by atoms with Crippen LogP contribution < -0.4 is 4.90 Å². The molecule has 6 rings (SSSR count). The van der Waals surface area contributed by atoms with Crippen molar-refractivity contribution in [3.8, 4) is 0 Å². The minimum atomic E-state index is -0.347. The van der Waals surface area contributed by atoms with Crippen LogP contribution in [0.1, 0.15) is 31.8 Å². The van der Waals surface area contributed by atoms with Crippen LogP contribution in [0.3, 0.4) is 0 Å². The molecule has 1 fully saturated rings. The van der Waals surface area contributed by atoms with Gasteiger partial charge in [-0.25, -0.2) is 4.39 Å². The van der Waals surface area contributed by atoms with Crippen molar-refractivity contribution < 1.29 is 14.0 Å². The third-order valence-corrected chi connectivity index (χ3v) is 8.36. The van der Waals surface area contributed by atoms with E-state index in [-0.39, 0.29) is 24.2 Å². The van der Waals surface area contributed by atoms with Gasteiger partial charge in [0.15, 0.2) is 0 Å². The van der Waals surface area contributed by atoms with E-state index in [1.165, 1.54) is 29.5 Å². The van der Waals surface area contributed by atoms with E-state index in [0.29, 0.717) is 35.5 Å². The summed E-state index contributed by atoms with van der Waals surface area (Å²) in [6, 6.07) is 29.8. The van der Waals surface area contributed by atoms with Gasteiger partial charge >= 0.3 is 0 Å². The van der Waals surface area contributed by atoms with Crippen molar-refractivity contribution in [3.05, 3.63) is 125 Å². The maximum atomic E-state index is 14.0. The molecule has 0 spiro atoms. The van der Waals surface area contributed by atoms with Crippen molar-refractivity contribution in [1.82, 2.24) is 9.80 Å². The molecule has 0 bridgehead atoms. The molecule has 2 aliphatic heterocycles. The maximum absolute atomic E-state index is 14.0. The van der Waals surface area contributed by atoms with Crippen molar-refractivity contribution in [2.24, 2.45) is 0 Å². The van der Waals surface area contributed by atoms with E-state index < -0.39 is 0 Å². The van der Waals surface area contributed by atoms with Crippen LogP contribution in [0.15, 0.2) is 107 Å². The first-order valence-electron chi connectivity index (χ1n) is 13.1. The summed E-state index contributed by atoms with van der Waals surface area (Å²) in [5.74, 6) is -0.553. The number of carbonyl (C=O) groups excluding carboxylic acids is 2. The minimum Gasteiger partial charge on any atom is -0.336 e. The molecular formula is C32H28FN3O2S. The van der Waals surface area contributed by atoms with E-state index in [1.807, 2.05) is 71.6 Å². The van der Waals surface area contributed by atoms with Gasteiger partial charge in [0.1, 0.15) is 5.82 Å². The Morgan fingerprint density at radius 2 is 1.49 bits per heavy atom. The number of carbonyl (C=O) groups is 2. The van der Waals surface area contributed by atoms with Gasteiger partial charge in [-0.1, -0.05) is 66.4 Å². The maximum Gasteiger partial charge on any atom is 0.259 e. The lowest BCUT2D eigenvalue weighted by Gasteiger charge is -2.35. The van der Waals surface area contributed by atoms with E-state index in [1.54, 1.807) is 11.0 Å². The van der Waals surface area contributed by atoms with Crippen LogP contribution in [0.5, 0.6) is 0 Å². The van der Waals surface area contributed by atoms with Crippen LogP contribution in [-0.4, -0.2) is 47.8 Å². The van der Waals surface area contributed by atoms with Crippen LogP contribution in [0, 0.1) is 5.82 Å². The summed E-state index contributed by atoms with van der Waals surface area (Å²) in [7, 11) is 0. The fraction of sp³-hybridized carbons (Fsp3) is 0.188. The van der Waals surface area contributed by atoms with Crippen molar-refractivity contribution in [1.29, 1.82) is 0 Å². The Kier molecular flexibility index (Phi) is 7.18. The molecule has 0 N–H and O–H groups in total. The lowest BCUT2D eigenvalue weighted by Crippen LogP contribution is -2.48. The van der Waals surface area contributed by atoms with Crippen LogP contribution in [0.25, 0.3) is 0 Å². The van der Waals surface area contributed by atoms with Gasteiger partial charge in [-0.3, -0.25) is 14.5 Å². The molecule has 39 heavy (non-hydrogen) atoms. The second-order valence-corrected chi connectivity index (χ2v) is 10.9. The quantitative estimate of drug-likeness (QED) is 0.309. The molecule has 1 saturated heterocycles. The van der Waals surface area contributed by atoms with E-state index >= 15 is 0 Å².